The maximum Gasteiger partial charge on any atom is 0.120 e. The van der Waals surface area contributed by atoms with E-state index in [9.17, 15) is 0 Å². The van der Waals surface area contributed by atoms with Gasteiger partial charge in [-0.25, -0.2) is 0 Å². The number of ether oxygens (including phenoxy) is 2. The van der Waals surface area contributed by atoms with Gasteiger partial charge in [0.15, 0.2) is 0 Å². The summed E-state index contributed by atoms with van der Waals surface area (Å²) in [4.78, 5) is 2.40. The molecule has 1 aliphatic heterocycles. The van der Waals surface area contributed by atoms with Crippen LogP contribution < -0.4 is 4.74 Å². The van der Waals surface area contributed by atoms with Crippen molar-refractivity contribution >= 4 is 11.6 Å². The van der Waals surface area contributed by atoms with Crippen LogP contribution in [0.25, 0.3) is 0 Å². The number of hydrogen-bond acceptors (Lipinski definition) is 5. The van der Waals surface area contributed by atoms with Crippen molar-refractivity contribution in [3.8, 4) is 5.75 Å². The Labute approximate surface area is 175 Å². The third-order valence-corrected chi connectivity index (χ3v) is 5.31. The van der Waals surface area contributed by atoms with Crippen LogP contribution >= 0.6 is 11.6 Å². The molecule has 4 rings (SSSR count). The van der Waals surface area contributed by atoms with Gasteiger partial charge in [-0.1, -0.05) is 17.7 Å². The Kier molecular flexibility index (Phi) is 6.18. The monoisotopic (exact) mass is 415 g/mol. The summed E-state index contributed by atoms with van der Waals surface area (Å²) >= 11 is 5.98. The Bertz CT molecular complexity index is 954. The average Bonchev–Trinajstić information content (AvgIpc) is 3.28. The molecule has 7 nitrogen and oxygen atoms in total. The molecule has 1 atom stereocenters. The molecule has 1 unspecified atom stereocenters. The molecule has 1 N–H and O–H groups in total. The maximum atomic E-state index is 5.98. The maximum absolute atomic E-state index is 5.98. The van der Waals surface area contributed by atoms with Gasteiger partial charge in [-0.15, -0.1) is 0 Å². The van der Waals surface area contributed by atoms with E-state index >= 15 is 0 Å². The summed E-state index contributed by atoms with van der Waals surface area (Å²) in [7, 11) is 1.96. The van der Waals surface area contributed by atoms with Gasteiger partial charge in [0.1, 0.15) is 11.9 Å². The van der Waals surface area contributed by atoms with Crippen LogP contribution in [0.3, 0.4) is 0 Å². The number of benzene rings is 1. The van der Waals surface area contributed by atoms with E-state index in [1.54, 1.807) is 0 Å². The molecule has 0 amide bonds. The van der Waals surface area contributed by atoms with Crippen molar-refractivity contribution < 1.29 is 9.47 Å². The third kappa shape index (κ3) is 5.18. The zero-order chi connectivity index (χ0) is 20.2. The van der Waals surface area contributed by atoms with Gasteiger partial charge in [0, 0.05) is 55.6 Å². The minimum atomic E-state index is -0.0282. The van der Waals surface area contributed by atoms with Crippen LogP contribution in [0.5, 0.6) is 5.75 Å². The summed E-state index contributed by atoms with van der Waals surface area (Å²) in [5.41, 5.74) is 4.31. The fourth-order valence-electron chi connectivity index (χ4n) is 3.58. The van der Waals surface area contributed by atoms with Crippen LogP contribution in [-0.2, 0) is 24.8 Å². The first-order chi connectivity index (χ1) is 14.1. The molecule has 29 heavy (non-hydrogen) atoms. The molecule has 1 aliphatic rings. The number of aryl methyl sites for hydroxylation is 2. The van der Waals surface area contributed by atoms with Gasteiger partial charge in [0.2, 0.25) is 0 Å². The van der Waals surface area contributed by atoms with E-state index in [4.69, 9.17) is 21.1 Å². The van der Waals surface area contributed by atoms with E-state index in [2.05, 4.69) is 39.4 Å². The topological polar surface area (TPSA) is 68.2 Å². The van der Waals surface area contributed by atoms with Crippen LogP contribution in [-0.4, -0.2) is 51.2 Å². The van der Waals surface area contributed by atoms with Crippen LogP contribution in [0.1, 0.15) is 28.7 Å². The van der Waals surface area contributed by atoms with Crippen molar-refractivity contribution in [2.75, 3.05) is 26.3 Å². The fourth-order valence-corrected chi connectivity index (χ4v) is 3.76. The van der Waals surface area contributed by atoms with E-state index in [-0.39, 0.29) is 6.10 Å². The first kappa shape index (κ1) is 19.9. The Morgan fingerprint density at radius 3 is 3.03 bits per heavy atom. The zero-order valence-electron chi connectivity index (χ0n) is 16.8. The molecule has 2 aromatic heterocycles. The highest BCUT2D eigenvalue weighted by atomic mass is 35.5. The molecule has 1 saturated heterocycles. The predicted molar refractivity (Wildman–Crippen MR) is 111 cm³/mol. The number of H-pyrrole nitrogens is 1. The molecule has 3 heterocycles. The van der Waals surface area contributed by atoms with Crippen molar-refractivity contribution in [3.05, 3.63) is 64.2 Å². The summed E-state index contributed by atoms with van der Waals surface area (Å²) in [6, 6.07) is 9.50. The standard InChI is InChI=1S/C21H26ClN5O2/c1-15-16(12-26(2)25-15)13-27-7-9-29-21(14-27)20-11-18(23-24-20)6-8-28-19-5-3-4-17(22)10-19/h3-5,10-12,21H,6-9,13-14H2,1-2H3,(H,23,24). The molecule has 1 aromatic carbocycles. The minimum absolute atomic E-state index is 0.0282. The van der Waals surface area contributed by atoms with Crippen LogP contribution in [0.4, 0.5) is 0 Å². The van der Waals surface area contributed by atoms with Gasteiger partial charge in [-0.2, -0.15) is 10.2 Å². The summed E-state index contributed by atoms with van der Waals surface area (Å²) < 4.78 is 13.6. The lowest BCUT2D eigenvalue weighted by atomic mass is 10.1. The normalized spacial score (nSPS) is 17.6. The zero-order valence-corrected chi connectivity index (χ0v) is 17.5. The Balaban J connectivity index is 1.30. The third-order valence-electron chi connectivity index (χ3n) is 5.08. The van der Waals surface area contributed by atoms with Gasteiger partial charge < -0.3 is 9.47 Å². The lowest BCUT2D eigenvalue weighted by molar-refractivity contribution is -0.0350. The average molecular weight is 416 g/mol. The van der Waals surface area contributed by atoms with E-state index in [0.29, 0.717) is 18.2 Å². The van der Waals surface area contributed by atoms with Crippen LogP contribution in [0, 0.1) is 6.92 Å². The highest BCUT2D eigenvalue weighted by molar-refractivity contribution is 6.30. The van der Waals surface area contributed by atoms with Gasteiger partial charge in [0.25, 0.3) is 0 Å². The fraction of sp³-hybridized carbons (Fsp3) is 0.429. The quantitative estimate of drug-likeness (QED) is 0.641. The first-order valence-electron chi connectivity index (χ1n) is 9.82. The first-order valence-corrected chi connectivity index (χ1v) is 10.2. The lowest BCUT2D eigenvalue weighted by Crippen LogP contribution is -2.38. The van der Waals surface area contributed by atoms with Crippen molar-refractivity contribution in [1.29, 1.82) is 0 Å². The van der Waals surface area contributed by atoms with Crippen molar-refractivity contribution in [1.82, 2.24) is 24.9 Å². The number of hydrogen-bond donors (Lipinski definition) is 1. The summed E-state index contributed by atoms with van der Waals surface area (Å²) in [5, 5.41) is 12.7. The molecule has 8 heteroatoms. The largest absolute Gasteiger partial charge is 0.493 e. The Hall–Kier alpha value is -2.35. The van der Waals surface area contributed by atoms with Gasteiger partial charge in [-0.3, -0.25) is 14.7 Å². The SMILES string of the molecule is Cc1nn(C)cc1CN1CCOC(c2cc(CCOc3cccc(Cl)c3)[nH]n2)C1. The molecule has 1 fully saturated rings. The second-order valence-corrected chi connectivity index (χ2v) is 7.82. The molecule has 0 bridgehead atoms. The predicted octanol–water partition coefficient (Wildman–Crippen LogP) is 3.30. The number of rotatable bonds is 7. The van der Waals surface area contributed by atoms with Gasteiger partial charge in [0.05, 0.1) is 24.6 Å². The summed E-state index contributed by atoms with van der Waals surface area (Å²) in [5.74, 6) is 0.772. The van der Waals surface area contributed by atoms with Gasteiger partial charge in [-0.05, 0) is 31.2 Å². The minimum Gasteiger partial charge on any atom is -0.493 e. The van der Waals surface area contributed by atoms with Crippen LogP contribution in [0.2, 0.25) is 5.02 Å². The van der Waals surface area contributed by atoms with Crippen molar-refractivity contribution in [3.63, 3.8) is 0 Å². The molecular formula is C21H26ClN5O2. The highest BCUT2D eigenvalue weighted by Crippen LogP contribution is 2.23. The lowest BCUT2D eigenvalue weighted by Gasteiger charge is -2.31. The second-order valence-electron chi connectivity index (χ2n) is 7.38. The molecule has 0 radical (unpaired) electrons. The highest BCUT2D eigenvalue weighted by Gasteiger charge is 2.25. The van der Waals surface area contributed by atoms with E-state index in [1.165, 1.54) is 5.56 Å². The van der Waals surface area contributed by atoms with Crippen LogP contribution in [0.15, 0.2) is 36.5 Å². The Morgan fingerprint density at radius 2 is 2.24 bits per heavy atom. The molecular weight excluding hydrogens is 390 g/mol. The molecule has 3 aromatic rings. The van der Waals surface area contributed by atoms with Crippen molar-refractivity contribution in [2.45, 2.75) is 26.0 Å². The second kappa shape index (κ2) is 8.98. The molecule has 0 aliphatic carbocycles. The Morgan fingerprint density at radius 1 is 1.34 bits per heavy atom. The number of morpholine rings is 1. The number of aromatic nitrogens is 4. The molecule has 0 spiro atoms. The van der Waals surface area contributed by atoms with E-state index < -0.39 is 0 Å². The van der Waals surface area contributed by atoms with Crippen molar-refractivity contribution in [2.24, 2.45) is 7.05 Å². The van der Waals surface area contributed by atoms with E-state index in [1.807, 2.05) is 36.0 Å². The number of nitrogens with one attached hydrogen (secondary N) is 1. The number of halogens is 1. The van der Waals surface area contributed by atoms with E-state index in [0.717, 1.165) is 48.9 Å². The van der Waals surface area contributed by atoms with Gasteiger partial charge >= 0.3 is 0 Å². The number of aromatic amines is 1. The summed E-state index contributed by atoms with van der Waals surface area (Å²) in [6.45, 7) is 5.92. The molecule has 154 valence electrons. The summed E-state index contributed by atoms with van der Waals surface area (Å²) in [6.07, 6.45) is 2.80. The smallest absolute Gasteiger partial charge is 0.120 e. The molecule has 0 saturated carbocycles. The number of nitrogens with zero attached hydrogens (tertiary/aromatic N) is 4.